The van der Waals surface area contributed by atoms with Crippen LogP contribution in [-0.4, -0.2) is 55.0 Å². The summed E-state index contributed by atoms with van der Waals surface area (Å²) in [5.41, 5.74) is 1.53. The fourth-order valence-electron chi connectivity index (χ4n) is 4.30. The van der Waals surface area contributed by atoms with E-state index in [0.717, 1.165) is 18.4 Å². The van der Waals surface area contributed by atoms with Gasteiger partial charge in [-0.2, -0.15) is 0 Å². The molecule has 0 radical (unpaired) electrons. The van der Waals surface area contributed by atoms with Crippen LogP contribution in [0.3, 0.4) is 0 Å². The van der Waals surface area contributed by atoms with Gasteiger partial charge in [-0.05, 0) is 66.2 Å². The Bertz CT molecular complexity index is 1160. The van der Waals surface area contributed by atoms with Crippen LogP contribution in [0.4, 0.5) is 4.39 Å². The van der Waals surface area contributed by atoms with Crippen LogP contribution >= 0.6 is 11.3 Å². The van der Waals surface area contributed by atoms with E-state index in [0.29, 0.717) is 24.4 Å². The molecule has 0 saturated carbocycles. The summed E-state index contributed by atoms with van der Waals surface area (Å²) in [5, 5.41) is 2.01. The Morgan fingerprint density at radius 1 is 1.14 bits per heavy atom. The predicted molar refractivity (Wildman–Crippen MR) is 134 cm³/mol. The number of nitrogens with zero attached hydrogens (tertiary/aromatic N) is 2. The maximum atomic E-state index is 14.1. The number of rotatable bonds is 9. The number of fused-ring (bicyclic) bond motifs is 1. The van der Waals surface area contributed by atoms with E-state index in [1.54, 1.807) is 70.7 Å². The molecule has 3 aromatic rings. The summed E-state index contributed by atoms with van der Waals surface area (Å²) in [6.07, 6.45) is 1.47. The van der Waals surface area contributed by atoms with Gasteiger partial charge in [-0.25, -0.2) is 4.39 Å². The first-order valence-corrected chi connectivity index (χ1v) is 12.6. The highest BCUT2D eigenvalue weighted by Gasteiger charge is 2.33. The van der Waals surface area contributed by atoms with Crippen LogP contribution in [-0.2, 0) is 11.2 Å². The zero-order chi connectivity index (χ0) is 24.8. The summed E-state index contributed by atoms with van der Waals surface area (Å²) in [6, 6.07) is 14.8. The van der Waals surface area contributed by atoms with Crippen molar-refractivity contribution in [2.45, 2.75) is 25.8 Å². The molecule has 1 atom stereocenters. The maximum Gasteiger partial charge on any atom is 0.254 e. The summed E-state index contributed by atoms with van der Waals surface area (Å²) in [5.74, 6) is 0.0299. The van der Waals surface area contributed by atoms with Crippen molar-refractivity contribution in [1.29, 1.82) is 0 Å². The molecule has 4 rings (SSSR count). The molecule has 2 amide bonds. The number of hydrogen-bond acceptors (Lipinski definition) is 5. The van der Waals surface area contributed by atoms with Crippen LogP contribution in [0.2, 0.25) is 0 Å². The molecule has 35 heavy (non-hydrogen) atoms. The number of ether oxygens (including phenoxy) is 2. The van der Waals surface area contributed by atoms with Crippen LogP contribution in [0.1, 0.15) is 40.2 Å². The third-order valence-electron chi connectivity index (χ3n) is 6.09. The van der Waals surface area contributed by atoms with E-state index in [-0.39, 0.29) is 36.8 Å². The molecule has 1 aromatic heterocycles. The largest absolute Gasteiger partial charge is 0.497 e. The molecular weight excluding hydrogens is 467 g/mol. The van der Waals surface area contributed by atoms with Crippen molar-refractivity contribution in [3.05, 3.63) is 81.8 Å². The first-order valence-electron chi connectivity index (χ1n) is 11.7. The Morgan fingerprint density at radius 3 is 2.63 bits per heavy atom. The van der Waals surface area contributed by atoms with Crippen molar-refractivity contribution in [3.8, 4) is 11.5 Å². The van der Waals surface area contributed by atoms with E-state index in [9.17, 15) is 14.0 Å². The van der Waals surface area contributed by atoms with Gasteiger partial charge >= 0.3 is 0 Å². The van der Waals surface area contributed by atoms with Gasteiger partial charge in [-0.1, -0.05) is 19.1 Å². The molecule has 6 nitrogen and oxygen atoms in total. The lowest BCUT2D eigenvalue weighted by Gasteiger charge is -2.37. The SMILES string of the molecule is CCCN(CC(=O)N1CCc2sccc2[C@@H]1COc1ccccc1F)C(=O)c1ccc(OC)cc1. The Morgan fingerprint density at radius 2 is 1.91 bits per heavy atom. The molecule has 8 heteroatoms. The molecule has 1 aliphatic heterocycles. The minimum atomic E-state index is -0.439. The van der Waals surface area contributed by atoms with Gasteiger partial charge in [0.2, 0.25) is 5.91 Å². The van der Waals surface area contributed by atoms with Gasteiger partial charge in [-0.3, -0.25) is 9.59 Å². The number of carbonyl (C=O) groups excluding carboxylic acids is 2. The molecular formula is C27H29FN2O4S. The summed E-state index contributed by atoms with van der Waals surface area (Å²) in [6.45, 7) is 3.06. The van der Waals surface area contributed by atoms with Crippen LogP contribution in [0.5, 0.6) is 11.5 Å². The first-order chi connectivity index (χ1) is 17.0. The molecule has 0 bridgehead atoms. The maximum absolute atomic E-state index is 14.1. The van der Waals surface area contributed by atoms with Crippen LogP contribution in [0.25, 0.3) is 0 Å². The summed E-state index contributed by atoms with van der Waals surface area (Å²) < 4.78 is 25.1. The van der Waals surface area contributed by atoms with Gasteiger partial charge in [-0.15, -0.1) is 11.3 Å². The summed E-state index contributed by atoms with van der Waals surface area (Å²) in [7, 11) is 1.57. The number of para-hydroxylation sites is 1. The molecule has 0 N–H and O–H groups in total. The molecule has 184 valence electrons. The summed E-state index contributed by atoms with van der Waals surface area (Å²) >= 11 is 1.65. The third kappa shape index (κ3) is 5.65. The monoisotopic (exact) mass is 496 g/mol. The quantitative estimate of drug-likeness (QED) is 0.421. The van der Waals surface area contributed by atoms with Crippen LogP contribution in [0.15, 0.2) is 60.0 Å². The molecule has 0 unspecified atom stereocenters. The van der Waals surface area contributed by atoms with Crippen molar-refractivity contribution in [2.75, 3.05) is 33.4 Å². The second kappa shape index (κ2) is 11.4. The summed E-state index contributed by atoms with van der Waals surface area (Å²) in [4.78, 5) is 31.3. The highest BCUT2D eigenvalue weighted by molar-refractivity contribution is 7.10. The molecule has 1 aliphatic rings. The number of amides is 2. The standard InChI is InChI=1S/C27H29FN2O4S/c1-3-14-29(27(32)19-8-10-20(33-2)11-9-19)17-26(31)30-15-12-25-21(13-16-35-25)23(30)18-34-24-7-5-4-6-22(24)28/h4-11,13,16,23H,3,12,14-15,17-18H2,1-2H3/t23-/m0/s1. The van der Waals surface area contributed by atoms with E-state index >= 15 is 0 Å². The number of halogens is 1. The van der Waals surface area contributed by atoms with E-state index in [1.165, 1.54) is 10.9 Å². The Labute approximate surface area is 208 Å². The third-order valence-corrected chi connectivity index (χ3v) is 7.09. The smallest absolute Gasteiger partial charge is 0.254 e. The molecule has 0 aliphatic carbocycles. The molecule has 2 aromatic carbocycles. The Hall–Kier alpha value is -3.39. The average molecular weight is 497 g/mol. The van der Waals surface area contributed by atoms with Crippen molar-refractivity contribution < 1.29 is 23.5 Å². The topological polar surface area (TPSA) is 59.1 Å². The number of thiophene rings is 1. The van der Waals surface area contributed by atoms with Crippen molar-refractivity contribution in [2.24, 2.45) is 0 Å². The van der Waals surface area contributed by atoms with E-state index in [2.05, 4.69) is 0 Å². The Balaban J connectivity index is 1.51. The van der Waals surface area contributed by atoms with Gasteiger partial charge in [0.1, 0.15) is 18.9 Å². The fraction of sp³-hybridized carbons (Fsp3) is 0.333. The molecule has 2 heterocycles. The minimum Gasteiger partial charge on any atom is -0.497 e. The zero-order valence-electron chi connectivity index (χ0n) is 19.9. The van der Waals surface area contributed by atoms with Gasteiger partial charge in [0.15, 0.2) is 11.6 Å². The highest BCUT2D eigenvalue weighted by Crippen LogP contribution is 2.34. The lowest BCUT2D eigenvalue weighted by atomic mass is 10.0. The predicted octanol–water partition coefficient (Wildman–Crippen LogP) is 4.95. The van der Waals surface area contributed by atoms with E-state index in [4.69, 9.17) is 9.47 Å². The Kier molecular flexibility index (Phi) is 8.02. The second-order valence-electron chi connectivity index (χ2n) is 8.35. The fourth-order valence-corrected chi connectivity index (χ4v) is 5.23. The number of methoxy groups -OCH3 is 1. The lowest BCUT2D eigenvalue weighted by Crippen LogP contribution is -2.48. The normalized spacial score (nSPS) is 14.8. The van der Waals surface area contributed by atoms with Gasteiger partial charge in [0, 0.05) is 23.5 Å². The van der Waals surface area contributed by atoms with Crippen molar-refractivity contribution >= 4 is 23.2 Å². The van der Waals surface area contributed by atoms with E-state index < -0.39 is 5.82 Å². The van der Waals surface area contributed by atoms with Gasteiger partial charge < -0.3 is 19.3 Å². The molecule has 0 saturated heterocycles. The first kappa shape index (κ1) is 24.7. The van der Waals surface area contributed by atoms with Crippen molar-refractivity contribution in [3.63, 3.8) is 0 Å². The molecule has 0 fully saturated rings. The number of carbonyl (C=O) groups is 2. The number of benzene rings is 2. The minimum absolute atomic E-state index is 0.0334. The molecule has 0 spiro atoms. The van der Waals surface area contributed by atoms with Gasteiger partial charge in [0.05, 0.1) is 13.2 Å². The van der Waals surface area contributed by atoms with Crippen LogP contribution < -0.4 is 9.47 Å². The van der Waals surface area contributed by atoms with Crippen LogP contribution in [0, 0.1) is 5.82 Å². The highest BCUT2D eigenvalue weighted by atomic mass is 32.1. The number of hydrogen-bond donors (Lipinski definition) is 0. The zero-order valence-corrected chi connectivity index (χ0v) is 20.7. The van der Waals surface area contributed by atoms with E-state index in [1.807, 2.05) is 18.4 Å². The van der Waals surface area contributed by atoms with Gasteiger partial charge in [0.25, 0.3) is 5.91 Å². The second-order valence-corrected chi connectivity index (χ2v) is 9.35. The van der Waals surface area contributed by atoms with Crippen molar-refractivity contribution in [1.82, 2.24) is 9.80 Å². The average Bonchev–Trinajstić information content (AvgIpc) is 3.36. The lowest BCUT2D eigenvalue weighted by molar-refractivity contribution is -0.135.